The Morgan fingerprint density at radius 3 is 2.55 bits per heavy atom. The lowest BCUT2D eigenvalue weighted by Gasteiger charge is -2.45. The molecule has 2 atom stereocenters. The second-order valence-electron chi connectivity index (χ2n) is 11.1. The quantitative estimate of drug-likeness (QED) is 0.512. The highest BCUT2D eigenvalue weighted by molar-refractivity contribution is 5.91. The van der Waals surface area contributed by atoms with Gasteiger partial charge in [-0.3, -0.25) is 9.69 Å². The fourth-order valence-corrected chi connectivity index (χ4v) is 6.28. The van der Waals surface area contributed by atoms with E-state index in [0.717, 1.165) is 34.4 Å². The fourth-order valence-electron chi connectivity index (χ4n) is 6.28. The van der Waals surface area contributed by atoms with Crippen LogP contribution in [-0.4, -0.2) is 101 Å². The van der Waals surface area contributed by atoms with Gasteiger partial charge in [0.25, 0.3) is 0 Å². The molecule has 0 saturated carbocycles. The Balaban J connectivity index is 1.23. The SMILES string of the molecule is Cc1cccc(C2CN(CC(=O)N3CCC(N4CCc5ccccc5NC4=O)CC3)C(=O)N(CCN)C2O)c1C. The molecule has 10 heteroatoms. The molecule has 4 N–H and O–H groups in total. The van der Waals surface area contributed by atoms with Crippen LogP contribution in [0.1, 0.15) is 41.0 Å². The average molecular weight is 549 g/mol. The number of urea groups is 2. The molecule has 3 aliphatic rings. The summed E-state index contributed by atoms with van der Waals surface area (Å²) in [5, 5.41) is 14.2. The van der Waals surface area contributed by atoms with Crippen LogP contribution < -0.4 is 11.1 Å². The van der Waals surface area contributed by atoms with Crippen molar-refractivity contribution >= 4 is 23.7 Å². The first-order valence-corrected chi connectivity index (χ1v) is 14.2. The molecule has 0 aliphatic carbocycles. The zero-order valence-corrected chi connectivity index (χ0v) is 23.4. The Bertz CT molecular complexity index is 1260. The van der Waals surface area contributed by atoms with Crippen molar-refractivity contribution in [2.45, 2.75) is 51.3 Å². The van der Waals surface area contributed by atoms with Crippen LogP contribution >= 0.6 is 0 Å². The highest BCUT2D eigenvalue weighted by atomic mass is 16.3. The van der Waals surface area contributed by atoms with Crippen molar-refractivity contribution in [3.63, 3.8) is 0 Å². The molecular formula is C30H40N6O4. The van der Waals surface area contributed by atoms with E-state index < -0.39 is 6.23 Å². The molecule has 0 radical (unpaired) electrons. The number of fused-ring (bicyclic) bond motifs is 1. The number of aliphatic hydroxyl groups excluding tert-OH is 1. The van der Waals surface area contributed by atoms with Crippen LogP contribution in [0.2, 0.25) is 0 Å². The number of anilines is 1. The zero-order chi connectivity index (χ0) is 28.4. The monoisotopic (exact) mass is 548 g/mol. The Hall–Kier alpha value is -3.63. The molecule has 0 spiro atoms. The first-order valence-electron chi connectivity index (χ1n) is 14.2. The lowest BCUT2D eigenvalue weighted by molar-refractivity contribution is -0.134. The maximum absolute atomic E-state index is 13.4. The lowest BCUT2D eigenvalue weighted by Crippen LogP contribution is -2.61. The van der Waals surface area contributed by atoms with Gasteiger partial charge < -0.3 is 30.9 Å². The summed E-state index contributed by atoms with van der Waals surface area (Å²) in [4.78, 5) is 46.3. The van der Waals surface area contributed by atoms with Gasteiger partial charge in [0.2, 0.25) is 5.91 Å². The molecule has 0 aromatic heterocycles. The largest absolute Gasteiger partial charge is 0.373 e. The number of hydrogen-bond donors (Lipinski definition) is 3. The van der Waals surface area contributed by atoms with Gasteiger partial charge in [0, 0.05) is 56.9 Å². The first-order chi connectivity index (χ1) is 19.3. The number of nitrogens with one attached hydrogen (secondary N) is 1. The highest BCUT2D eigenvalue weighted by Gasteiger charge is 2.41. The van der Waals surface area contributed by atoms with Crippen LogP contribution in [-0.2, 0) is 11.2 Å². The molecule has 3 heterocycles. The van der Waals surface area contributed by atoms with E-state index in [1.807, 2.05) is 61.2 Å². The molecule has 214 valence electrons. The summed E-state index contributed by atoms with van der Waals surface area (Å²) in [6.07, 6.45) is 1.15. The number of rotatable bonds is 6. The van der Waals surface area contributed by atoms with Crippen LogP contribution in [0.5, 0.6) is 0 Å². The number of hydrogen-bond acceptors (Lipinski definition) is 5. The summed E-state index contributed by atoms with van der Waals surface area (Å²) in [5.74, 6) is -0.475. The van der Waals surface area contributed by atoms with E-state index in [4.69, 9.17) is 5.73 Å². The molecule has 2 saturated heterocycles. The predicted molar refractivity (Wildman–Crippen MR) is 153 cm³/mol. The Kier molecular flexibility index (Phi) is 8.27. The Labute approximate surface area is 235 Å². The van der Waals surface area contributed by atoms with Crippen molar-refractivity contribution in [2.75, 3.05) is 51.1 Å². The number of aliphatic hydroxyl groups is 1. The number of benzene rings is 2. The number of nitrogens with two attached hydrogens (primary N) is 1. The Morgan fingerprint density at radius 2 is 1.80 bits per heavy atom. The minimum absolute atomic E-state index is 0.0545. The van der Waals surface area contributed by atoms with Crippen LogP contribution in [0.3, 0.4) is 0 Å². The van der Waals surface area contributed by atoms with Gasteiger partial charge in [-0.2, -0.15) is 0 Å². The smallest absolute Gasteiger partial charge is 0.322 e. The van der Waals surface area contributed by atoms with Gasteiger partial charge in [-0.1, -0.05) is 36.4 Å². The third-order valence-corrected chi connectivity index (χ3v) is 8.75. The summed E-state index contributed by atoms with van der Waals surface area (Å²) in [7, 11) is 0. The van der Waals surface area contributed by atoms with Crippen LogP contribution in [0.15, 0.2) is 42.5 Å². The third kappa shape index (κ3) is 5.51. The van der Waals surface area contributed by atoms with Crippen LogP contribution in [0, 0.1) is 13.8 Å². The number of aryl methyl sites for hydroxylation is 1. The molecule has 10 nitrogen and oxygen atoms in total. The first kappa shape index (κ1) is 27.9. The lowest BCUT2D eigenvalue weighted by atomic mass is 9.88. The van der Waals surface area contributed by atoms with Gasteiger partial charge in [0.1, 0.15) is 12.8 Å². The van der Waals surface area contributed by atoms with E-state index in [2.05, 4.69) is 5.32 Å². The maximum atomic E-state index is 13.4. The molecular weight excluding hydrogens is 508 g/mol. The van der Waals surface area contributed by atoms with Crippen molar-refractivity contribution in [2.24, 2.45) is 5.73 Å². The topological polar surface area (TPSA) is 122 Å². The third-order valence-electron chi connectivity index (χ3n) is 8.75. The highest BCUT2D eigenvalue weighted by Crippen LogP contribution is 2.32. The molecule has 5 rings (SSSR count). The van der Waals surface area contributed by atoms with Crippen LogP contribution in [0.4, 0.5) is 15.3 Å². The number of carbonyl (C=O) groups excluding carboxylic acids is 3. The average Bonchev–Trinajstić information content (AvgIpc) is 3.12. The molecule has 2 aromatic carbocycles. The van der Waals surface area contributed by atoms with Gasteiger partial charge in [0.15, 0.2) is 0 Å². The molecule has 2 unspecified atom stereocenters. The van der Waals surface area contributed by atoms with Crippen molar-refractivity contribution in [3.8, 4) is 0 Å². The van der Waals surface area contributed by atoms with Crippen molar-refractivity contribution < 1.29 is 19.5 Å². The van der Waals surface area contributed by atoms with Gasteiger partial charge >= 0.3 is 12.1 Å². The summed E-state index contributed by atoms with van der Waals surface area (Å²) in [6, 6.07) is 13.4. The van der Waals surface area contributed by atoms with Gasteiger partial charge in [-0.05, 0) is 61.4 Å². The normalized spacial score (nSPS) is 22.2. The van der Waals surface area contributed by atoms with Crippen molar-refractivity contribution in [3.05, 3.63) is 64.7 Å². The second-order valence-corrected chi connectivity index (χ2v) is 11.1. The number of amides is 5. The summed E-state index contributed by atoms with van der Waals surface area (Å²) >= 11 is 0. The van der Waals surface area contributed by atoms with Gasteiger partial charge in [-0.15, -0.1) is 0 Å². The molecule has 3 aliphatic heterocycles. The molecule has 2 aromatic rings. The Morgan fingerprint density at radius 1 is 1.05 bits per heavy atom. The predicted octanol–water partition coefficient (Wildman–Crippen LogP) is 2.48. The minimum atomic E-state index is -1.01. The number of likely N-dealkylation sites (tertiary alicyclic amines) is 1. The molecule has 40 heavy (non-hydrogen) atoms. The molecule has 5 amide bonds. The van der Waals surface area contributed by atoms with E-state index in [9.17, 15) is 19.5 Å². The number of nitrogens with zero attached hydrogens (tertiary/aromatic N) is 4. The molecule has 2 fully saturated rings. The zero-order valence-electron chi connectivity index (χ0n) is 23.4. The fraction of sp³-hybridized carbons (Fsp3) is 0.500. The van der Waals surface area contributed by atoms with E-state index in [-0.39, 0.29) is 56.1 Å². The van der Waals surface area contributed by atoms with E-state index in [0.29, 0.717) is 32.5 Å². The van der Waals surface area contributed by atoms with Crippen LogP contribution in [0.25, 0.3) is 0 Å². The number of para-hydroxylation sites is 1. The second kappa shape index (κ2) is 11.9. The maximum Gasteiger partial charge on any atom is 0.322 e. The molecule has 0 bridgehead atoms. The standard InChI is InChI=1S/C30H40N6O4/c1-20-6-5-8-24(21(20)2)25-18-34(30(40)36(17-13-31)28(25)38)19-27(37)33-14-11-23(12-15-33)35-16-10-22-7-3-4-9-26(22)32-29(35)39/h3-9,23,25,28,38H,10-19,31H2,1-2H3,(H,32,39). The number of piperidine rings is 1. The van der Waals surface area contributed by atoms with E-state index in [1.54, 1.807) is 9.80 Å². The summed E-state index contributed by atoms with van der Waals surface area (Å²) in [6.45, 7) is 6.35. The summed E-state index contributed by atoms with van der Waals surface area (Å²) < 4.78 is 0. The van der Waals surface area contributed by atoms with Gasteiger partial charge in [-0.25, -0.2) is 9.59 Å². The van der Waals surface area contributed by atoms with E-state index >= 15 is 0 Å². The van der Waals surface area contributed by atoms with Gasteiger partial charge in [0.05, 0.1) is 0 Å². The van der Waals surface area contributed by atoms with E-state index in [1.165, 1.54) is 4.90 Å². The van der Waals surface area contributed by atoms with Crippen molar-refractivity contribution in [1.29, 1.82) is 0 Å². The summed E-state index contributed by atoms with van der Waals surface area (Å²) in [5.41, 5.74) is 10.9. The number of carbonyl (C=O) groups is 3. The minimum Gasteiger partial charge on any atom is -0.373 e. The van der Waals surface area contributed by atoms with Crippen molar-refractivity contribution in [1.82, 2.24) is 19.6 Å².